The van der Waals surface area contributed by atoms with Crippen molar-refractivity contribution < 1.29 is 18.0 Å². The highest BCUT2D eigenvalue weighted by molar-refractivity contribution is 9.10. The molecule has 1 aromatic heterocycles. The minimum Gasteiger partial charge on any atom is -0.318 e. The summed E-state index contributed by atoms with van der Waals surface area (Å²) in [5.41, 5.74) is 4.75. The minimum absolute atomic E-state index is 0.366. The normalized spacial score (nSPS) is 11.8. The van der Waals surface area contributed by atoms with Crippen LogP contribution in [-0.2, 0) is 6.18 Å². The number of carbonyl (C=O) groups is 1. The van der Waals surface area contributed by atoms with E-state index in [1.54, 1.807) is 48.7 Å². The van der Waals surface area contributed by atoms with E-state index in [1.807, 2.05) is 6.07 Å². The molecule has 0 fully saturated rings. The van der Waals surface area contributed by atoms with Gasteiger partial charge in [0.1, 0.15) is 0 Å². The van der Waals surface area contributed by atoms with Crippen LogP contribution in [0.1, 0.15) is 32.9 Å². The zero-order valence-corrected chi connectivity index (χ0v) is 17.2. The quantitative estimate of drug-likeness (QED) is 0.394. The molecule has 8 heteroatoms. The highest BCUT2D eigenvalue weighted by atomic mass is 79.9. The molecule has 150 valence electrons. The van der Waals surface area contributed by atoms with Crippen molar-refractivity contribution in [2.45, 2.75) is 20.0 Å². The Labute approximate surface area is 174 Å². The molecule has 0 aliphatic carbocycles. The molecule has 3 rings (SSSR count). The molecule has 1 amide bonds. The van der Waals surface area contributed by atoms with Gasteiger partial charge in [-0.25, -0.2) is 5.43 Å². The fourth-order valence-corrected chi connectivity index (χ4v) is 3.39. The molecule has 0 radical (unpaired) electrons. The molecule has 2 aromatic carbocycles. The third-order valence-corrected chi connectivity index (χ3v) is 4.85. The van der Waals surface area contributed by atoms with Crippen molar-refractivity contribution >= 4 is 28.1 Å². The maximum absolute atomic E-state index is 13.0. The lowest BCUT2D eigenvalue weighted by molar-refractivity contribution is -0.137. The molecule has 0 aliphatic rings. The van der Waals surface area contributed by atoms with E-state index < -0.39 is 11.7 Å². The predicted molar refractivity (Wildman–Crippen MR) is 109 cm³/mol. The Kier molecular flexibility index (Phi) is 5.93. The van der Waals surface area contributed by atoms with Crippen molar-refractivity contribution in [1.29, 1.82) is 0 Å². The van der Waals surface area contributed by atoms with Crippen molar-refractivity contribution in [1.82, 2.24) is 9.99 Å². The van der Waals surface area contributed by atoms with E-state index in [0.717, 1.165) is 22.3 Å². The van der Waals surface area contributed by atoms with E-state index in [4.69, 9.17) is 0 Å². The number of aromatic nitrogens is 1. The summed E-state index contributed by atoms with van der Waals surface area (Å²) in [4.78, 5) is 12.1. The highest BCUT2D eigenvalue weighted by Gasteiger charge is 2.30. The van der Waals surface area contributed by atoms with E-state index in [2.05, 4.69) is 26.5 Å². The third-order valence-electron chi connectivity index (χ3n) is 4.36. The fourth-order valence-electron chi connectivity index (χ4n) is 2.99. The van der Waals surface area contributed by atoms with Gasteiger partial charge in [0.05, 0.1) is 11.8 Å². The summed E-state index contributed by atoms with van der Waals surface area (Å²) >= 11 is 3.30. The fraction of sp³-hybridized carbons (Fsp3) is 0.143. The standard InChI is InChI=1S/C21H17BrF3N3O/c1-13-9-16(12-26-27-20(29)15-5-3-7-18(22)10-15)14(2)28(13)19-8-4-6-17(11-19)21(23,24)25/h3-12H,1-2H3,(H,27,29)/b26-12+. The van der Waals surface area contributed by atoms with Crippen molar-refractivity contribution in [3.05, 3.63) is 87.1 Å². The molecular formula is C21H17BrF3N3O. The number of nitrogens with one attached hydrogen (secondary N) is 1. The van der Waals surface area contributed by atoms with Gasteiger partial charge in [0.2, 0.25) is 0 Å². The third kappa shape index (κ3) is 4.76. The molecule has 3 aromatic rings. The molecule has 0 aliphatic heterocycles. The Bertz CT molecular complexity index is 1090. The molecule has 0 unspecified atom stereocenters. The van der Waals surface area contributed by atoms with Crippen LogP contribution in [-0.4, -0.2) is 16.7 Å². The molecule has 29 heavy (non-hydrogen) atoms. The van der Waals surface area contributed by atoms with Gasteiger partial charge < -0.3 is 4.57 Å². The maximum Gasteiger partial charge on any atom is 0.416 e. The Morgan fingerprint density at radius 3 is 2.52 bits per heavy atom. The lowest BCUT2D eigenvalue weighted by atomic mass is 10.2. The first-order chi connectivity index (χ1) is 13.7. The molecule has 0 bridgehead atoms. The largest absolute Gasteiger partial charge is 0.416 e. The number of benzene rings is 2. The van der Waals surface area contributed by atoms with Crippen LogP contribution in [0.3, 0.4) is 0 Å². The summed E-state index contributed by atoms with van der Waals surface area (Å²) < 4.78 is 41.6. The topological polar surface area (TPSA) is 46.4 Å². The molecule has 0 saturated carbocycles. The summed E-state index contributed by atoms with van der Waals surface area (Å²) in [6.45, 7) is 3.58. The number of carbonyl (C=O) groups excluding carboxylic acids is 1. The Hall–Kier alpha value is -2.87. The first-order valence-electron chi connectivity index (χ1n) is 8.62. The molecule has 1 heterocycles. The van der Waals surface area contributed by atoms with E-state index in [1.165, 1.54) is 12.3 Å². The minimum atomic E-state index is -4.41. The van der Waals surface area contributed by atoms with Gasteiger partial charge in [-0.05, 0) is 56.3 Å². The predicted octanol–water partition coefficient (Wildman–Crippen LogP) is 5.64. The van der Waals surface area contributed by atoms with Gasteiger partial charge in [0.15, 0.2) is 0 Å². The average Bonchev–Trinajstić information content (AvgIpc) is 2.94. The first-order valence-corrected chi connectivity index (χ1v) is 9.41. The zero-order chi connectivity index (χ0) is 21.2. The van der Waals surface area contributed by atoms with E-state index in [0.29, 0.717) is 22.5 Å². The second-order valence-corrected chi connectivity index (χ2v) is 7.34. The van der Waals surface area contributed by atoms with E-state index in [-0.39, 0.29) is 5.91 Å². The highest BCUT2D eigenvalue weighted by Crippen LogP contribution is 2.31. The monoisotopic (exact) mass is 463 g/mol. The van der Waals surface area contributed by atoms with Gasteiger partial charge >= 0.3 is 6.18 Å². The van der Waals surface area contributed by atoms with Gasteiger partial charge in [-0.3, -0.25) is 4.79 Å². The second kappa shape index (κ2) is 8.24. The number of nitrogens with zero attached hydrogens (tertiary/aromatic N) is 2. The molecule has 1 N–H and O–H groups in total. The number of alkyl halides is 3. The Morgan fingerprint density at radius 1 is 1.10 bits per heavy atom. The lowest BCUT2D eigenvalue weighted by Gasteiger charge is -2.13. The van der Waals surface area contributed by atoms with Crippen molar-refractivity contribution in [2.24, 2.45) is 5.10 Å². The summed E-state index contributed by atoms with van der Waals surface area (Å²) in [5, 5.41) is 3.98. The summed E-state index contributed by atoms with van der Waals surface area (Å²) in [6, 6.07) is 13.8. The Morgan fingerprint density at radius 2 is 1.83 bits per heavy atom. The Balaban J connectivity index is 1.83. The summed E-state index contributed by atoms with van der Waals surface area (Å²) in [6.07, 6.45) is -2.94. The number of hydrogen-bond donors (Lipinski definition) is 1. The van der Waals surface area contributed by atoms with Gasteiger partial charge in [-0.2, -0.15) is 18.3 Å². The van der Waals surface area contributed by atoms with Crippen LogP contribution in [0.15, 0.2) is 64.2 Å². The van der Waals surface area contributed by atoms with E-state index >= 15 is 0 Å². The zero-order valence-electron chi connectivity index (χ0n) is 15.6. The number of halogens is 4. The van der Waals surface area contributed by atoms with Gasteiger partial charge in [0, 0.05) is 32.7 Å². The van der Waals surface area contributed by atoms with Crippen molar-refractivity contribution in [2.75, 3.05) is 0 Å². The smallest absolute Gasteiger partial charge is 0.318 e. The maximum atomic E-state index is 13.0. The molecule has 4 nitrogen and oxygen atoms in total. The average molecular weight is 464 g/mol. The van der Waals surface area contributed by atoms with Gasteiger partial charge in [0.25, 0.3) is 5.91 Å². The van der Waals surface area contributed by atoms with Crippen LogP contribution in [0.25, 0.3) is 5.69 Å². The summed E-state index contributed by atoms with van der Waals surface area (Å²) in [7, 11) is 0. The van der Waals surface area contributed by atoms with E-state index in [9.17, 15) is 18.0 Å². The molecule has 0 saturated heterocycles. The van der Waals surface area contributed by atoms with Crippen LogP contribution in [0.5, 0.6) is 0 Å². The SMILES string of the molecule is Cc1cc(/C=N/NC(=O)c2cccc(Br)c2)c(C)n1-c1cccc(C(F)(F)F)c1. The number of hydrogen-bond acceptors (Lipinski definition) is 2. The number of hydrazone groups is 1. The number of amides is 1. The molecule has 0 spiro atoms. The molecular weight excluding hydrogens is 447 g/mol. The second-order valence-electron chi connectivity index (χ2n) is 6.42. The number of rotatable bonds is 4. The van der Waals surface area contributed by atoms with Crippen LogP contribution in [0.2, 0.25) is 0 Å². The molecule has 0 atom stereocenters. The van der Waals surface area contributed by atoms with Crippen LogP contribution >= 0.6 is 15.9 Å². The van der Waals surface area contributed by atoms with Crippen LogP contribution in [0.4, 0.5) is 13.2 Å². The van der Waals surface area contributed by atoms with Crippen LogP contribution < -0.4 is 5.43 Å². The van der Waals surface area contributed by atoms with Crippen LogP contribution in [0, 0.1) is 13.8 Å². The summed E-state index contributed by atoms with van der Waals surface area (Å²) in [5.74, 6) is -0.366. The number of aryl methyl sites for hydroxylation is 1. The lowest BCUT2D eigenvalue weighted by Crippen LogP contribution is -2.17. The first kappa shape index (κ1) is 20.9. The van der Waals surface area contributed by atoms with Gasteiger partial charge in [-0.15, -0.1) is 0 Å². The van der Waals surface area contributed by atoms with Gasteiger partial charge in [-0.1, -0.05) is 28.1 Å². The van der Waals surface area contributed by atoms with Crippen molar-refractivity contribution in [3.63, 3.8) is 0 Å². The van der Waals surface area contributed by atoms with Crippen molar-refractivity contribution in [3.8, 4) is 5.69 Å².